The Morgan fingerprint density at radius 3 is 2.79 bits per heavy atom. The predicted octanol–water partition coefficient (Wildman–Crippen LogP) is 1.68. The van der Waals surface area contributed by atoms with E-state index in [-0.39, 0.29) is 6.04 Å². The molecule has 1 heterocycles. The number of anilines is 1. The normalized spacial score (nSPS) is 12.3. The van der Waals surface area contributed by atoms with Crippen LogP contribution in [-0.2, 0) is 4.74 Å². The second-order valence-corrected chi connectivity index (χ2v) is 5.01. The van der Waals surface area contributed by atoms with Crippen molar-refractivity contribution in [2.24, 2.45) is 11.7 Å². The maximum Gasteiger partial charge on any atom is 0.356 e. The average Bonchev–Trinajstić information content (AvgIpc) is 2.43. The molecule has 2 N–H and O–H groups in total. The smallest absolute Gasteiger partial charge is 0.356 e. The molecule has 0 aliphatic heterocycles. The van der Waals surface area contributed by atoms with Crippen LogP contribution in [0.1, 0.15) is 30.8 Å². The van der Waals surface area contributed by atoms with E-state index >= 15 is 0 Å². The molecule has 19 heavy (non-hydrogen) atoms. The third kappa shape index (κ3) is 4.52. The van der Waals surface area contributed by atoms with Crippen molar-refractivity contribution in [3.63, 3.8) is 0 Å². The monoisotopic (exact) mass is 265 g/mol. The number of ether oxygens (including phenoxy) is 1. The van der Waals surface area contributed by atoms with Crippen molar-refractivity contribution in [1.82, 2.24) is 4.98 Å². The fourth-order valence-corrected chi connectivity index (χ4v) is 1.68. The van der Waals surface area contributed by atoms with E-state index in [1.807, 2.05) is 13.1 Å². The van der Waals surface area contributed by atoms with Crippen LogP contribution >= 0.6 is 0 Å². The number of esters is 1. The lowest BCUT2D eigenvalue weighted by atomic mass is 10.0. The van der Waals surface area contributed by atoms with Crippen molar-refractivity contribution >= 4 is 11.7 Å². The Morgan fingerprint density at radius 1 is 1.53 bits per heavy atom. The molecule has 0 saturated heterocycles. The number of carbonyl (C=O) groups is 1. The third-order valence-electron chi connectivity index (χ3n) is 3.23. The molecule has 1 aromatic heterocycles. The molecular formula is C14H23N3O2. The highest BCUT2D eigenvalue weighted by Gasteiger charge is 2.12. The second-order valence-electron chi connectivity index (χ2n) is 5.01. The van der Waals surface area contributed by atoms with E-state index in [1.165, 1.54) is 7.11 Å². The number of nitrogens with zero attached hydrogens (tertiary/aromatic N) is 2. The van der Waals surface area contributed by atoms with E-state index in [9.17, 15) is 4.79 Å². The fourth-order valence-electron chi connectivity index (χ4n) is 1.68. The minimum absolute atomic E-state index is 0.185. The molecule has 0 amide bonds. The van der Waals surface area contributed by atoms with Crippen molar-refractivity contribution < 1.29 is 9.53 Å². The zero-order valence-corrected chi connectivity index (χ0v) is 12.1. The maximum atomic E-state index is 11.4. The number of hydrogen-bond donors (Lipinski definition) is 1. The average molecular weight is 265 g/mol. The van der Waals surface area contributed by atoms with Crippen LogP contribution < -0.4 is 10.6 Å². The second kappa shape index (κ2) is 7.09. The highest BCUT2D eigenvalue weighted by Crippen LogP contribution is 2.15. The summed E-state index contributed by atoms with van der Waals surface area (Å²) in [6.45, 7) is 5.07. The van der Waals surface area contributed by atoms with Crippen molar-refractivity contribution in [1.29, 1.82) is 0 Å². The zero-order chi connectivity index (χ0) is 14.4. The number of nitrogens with two attached hydrogens (primary N) is 1. The van der Waals surface area contributed by atoms with Gasteiger partial charge in [0.1, 0.15) is 5.69 Å². The summed E-state index contributed by atoms with van der Waals surface area (Å²) in [6, 6.07) is 3.78. The molecule has 5 nitrogen and oxygen atoms in total. The lowest BCUT2D eigenvalue weighted by Crippen LogP contribution is -2.31. The van der Waals surface area contributed by atoms with E-state index in [1.54, 1.807) is 12.3 Å². The highest BCUT2D eigenvalue weighted by atomic mass is 16.5. The van der Waals surface area contributed by atoms with E-state index in [2.05, 4.69) is 28.5 Å². The van der Waals surface area contributed by atoms with Crippen LogP contribution in [0.3, 0.4) is 0 Å². The Hall–Kier alpha value is -1.62. The molecule has 0 radical (unpaired) electrons. The first kappa shape index (κ1) is 15.4. The molecule has 0 aromatic carbocycles. The summed E-state index contributed by atoms with van der Waals surface area (Å²) in [6.07, 6.45) is 2.52. The van der Waals surface area contributed by atoms with Gasteiger partial charge in [-0.25, -0.2) is 9.78 Å². The van der Waals surface area contributed by atoms with Gasteiger partial charge in [-0.15, -0.1) is 0 Å². The van der Waals surface area contributed by atoms with Gasteiger partial charge in [0, 0.05) is 31.5 Å². The van der Waals surface area contributed by atoms with Gasteiger partial charge >= 0.3 is 5.97 Å². The number of carbonyl (C=O) groups excluding carboxylic acids is 1. The van der Waals surface area contributed by atoms with Crippen molar-refractivity contribution in [2.45, 2.75) is 26.3 Å². The van der Waals surface area contributed by atoms with Gasteiger partial charge in [-0.05, 0) is 24.5 Å². The van der Waals surface area contributed by atoms with Crippen LogP contribution in [0, 0.1) is 5.92 Å². The van der Waals surface area contributed by atoms with E-state index in [0.29, 0.717) is 11.6 Å². The van der Waals surface area contributed by atoms with Crippen molar-refractivity contribution in [3.8, 4) is 0 Å². The highest BCUT2D eigenvalue weighted by molar-refractivity contribution is 5.88. The number of rotatable bonds is 6. The van der Waals surface area contributed by atoms with Gasteiger partial charge < -0.3 is 15.4 Å². The van der Waals surface area contributed by atoms with Crippen LogP contribution in [-0.4, -0.2) is 37.7 Å². The van der Waals surface area contributed by atoms with Gasteiger partial charge in [0.2, 0.25) is 0 Å². The number of pyridine rings is 1. The summed E-state index contributed by atoms with van der Waals surface area (Å²) in [5.74, 6) is 0.0469. The molecular weight excluding hydrogens is 242 g/mol. The first-order valence-corrected chi connectivity index (χ1v) is 6.46. The predicted molar refractivity (Wildman–Crippen MR) is 76.3 cm³/mol. The number of hydrogen-bond acceptors (Lipinski definition) is 5. The molecule has 0 saturated carbocycles. The molecule has 1 atom stereocenters. The minimum Gasteiger partial charge on any atom is -0.464 e. The maximum absolute atomic E-state index is 11.4. The molecule has 0 bridgehead atoms. The van der Waals surface area contributed by atoms with Gasteiger partial charge in [0.05, 0.1) is 7.11 Å². The SMILES string of the molecule is COC(=O)c1cc(N(C)CCC(N)C(C)C)ccn1. The Bertz CT molecular complexity index is 421. The van der Waals surface area contributed by atoms with Gasteiger partial charge in [-0.2, -0.15) is 0 Å². The minimum atomic E-state index is -0.422. The third-order valence-corrected chi connectivity index (χ3v) is 3.23. The van der Waals surface area contributed by atoms with Gasteiger partial charge in [-0.1, -0.05) is 13.8 Å². The van der Waals surface area contributed by atoms with Crippen molar-refractivity contribution in [3.05, 3.63) is 24.0 Å². The number of methoxy groups -OCH3 is 1. The Morgan fingerprint density at radius 2 is 2.21 bits per heavy atom. The summed E-state index contributed by atoms with van der Waals surface area (Å²) >= 11 is 0. The van der Waals surface area contributed by atoms with E-state index in [0.717, 1.165) is 18.7 Å². The molecule has 106 valence electrons. The van der Waals surface area contributed by atoms with Crippen LogP contribution in [0.5, 0.6) is 0 Å². The summed E-state index contributed by atoms with van der Waals surface area (Å²) in [5, 5.41) is 0. The first-order chi connectivity index (χ1) is 8.95. The first-order valence-electron chi connectivity index (χ1n) is 6.46. The molecule has 0 aliphatic carbocycles. The lowest BCUT2D eigenvalue weighted by molar-refractivity contribution is 0.0594. The molecule has 1 aromatic rings. The molecule has 1 rings (SSSR count). The Kier molecular flexibility index (Phi) is 5.76. The molecule has 1 unspecified atom stereocenters. The summed E-state index contributed by atoms with van der Waals surface area (Å²) in [5.41, 5.74) is 7.29. The molecule has 5 heteroatoms. The standard InChI is InChI=1S/C14H23N3O2/c1-10(2)12(15)6-8-17(3)11-5-7-16-13(9-11)14(18)19-4/h5,7,9-10,12H,6,8,15H2,1-4H3. The van der Waals surface area contributed by atoms with E-state index in [4.69, 9.17) is 5.73 Å². The van der Waals surface area contributed by atoms with Crippen LogP contribution in [0.2, 0.25) is 0 Å². The summed E-state index contributed by atoms with van der Waals surface area (Å²) in [7, 11) is 3.32. The van der Waals surface area contributed by atoms with Gasteiger partial charge in [0.15, 0.2) is 0 Å². The quantitative estimate of drug-likeness (QED) is 0.792. The van der Waals surface area contributed by atoms with Crippen LogP contribution in [0.15, 0.2) is 18.3 Å². The number of aromatic nitrogens is 1. The molecule has 0 aliphatic rings. The van der Waals surface area contributed by atoms with Crippen LogP contribution in [0.4, 0.5) is 5.69 Å². The van der Waals surface area contributed by atoms with Gasteiger partial charge in [-0.3, -0.25) is 0 Å². The Balaban J connectivity index is 2.66. The topological polar surface area (TPSA) is 68.5 Å². The lowest BCUT2D eigenvalue weighted by Gasteiger charge is -2.23. The summed E-state index contributed by atoms with van der Waals surface area (Å²) < 4.78 is 4.66. The summed E-state index contributed by atoms with van der Waals surface area (Å²) in [4.78, 5) is 17.5. The van der Waals surface area contributed by atoms with Crippen molar-refractivity contribution in [2.75, 3.05) is 25.6 Å². The molecule has 0 fully saturated rings. The van der Waals surface area contributed by atoms with Gasteiger partial charge in [0.25, 0.3) is 0 Å². The van der Waals surface area contributed by atoms with Crippen LogP contribution in [0.25, 0.3) is 0 Å². The zero-order valence-electron chi connectivity index (χ0n) is 12.1. The van der Waals surface area contributed by atoms with E-state index < -0.39 is 5.97 Å². The molecule has 0 spiro atoms. The Labute approximate surface area is 114 Å². The largest absolute Gasteiger partial charge is 0.464 e. The fraction of sp³-hybridized carbons (Fsp3) is 0.571.